The molecule has 9 rings (SSSR count). The molecule has 2 heteroatoms. The first-order valence-electron chi connectivity index (χ1n) is 16.5. The Kier molecular flexibility index (Phi) is 6.81. The average Bonchev–Trinajstić information content (AvgIpc) is 3.55. The highest BCUT2D eigenvalue weighted by Gasteiger charge is 2.16. The summed E-state index contributed by atoms with van der Waals surface area (Å²) in [5, 5.41) is 18.3. The molecule has 9 aromatic rings. The monoisotopic (exact) mass is 625 g/mol. The molecule has 0 aliphatic carbocycles. The van der Waals surface area contributed by atoms with Gasteiger partial charge in [0.25, 0.3) is 0 Å². The molecular weight excluding hydrogens is 595 g/mol. The zero-order chi connectivity index (χ0) is 32.9. The van der Waals surface area contributed by atoms with Crippen molar-refractivity contribution < 1.29 is 4.42 Å². The van der Waals surface area contributed by atoms with Gasteiger partial charge >= 0.3 is 0 Å². The van der Waals surface area contributed by atoms with Gasteiger partial charge < -0.3 is 9.83 Å². The molecule has 0 saturated carbocycles. The fraction of sp³-hybridized carbons (Fsp3) is 0. The quantitative estimate of drug-likeness (QED) is 0.111. The summed E-state index contributed by atoms with van der Waals surface area (Å²) in [6, 6.07) is 55.0. The van der Waals surface area contributed by atoms with Gasteiger partial charge in [-0.3, -0.25) is 0 Å². The number of hydrogen-bond acceptors (Lipinski definition) is 2. The van der Waals surface area contributed by atoms with Gasteiger partial charge in [0.2, 0.25) is 0 Å². The average molecular weight is 626 g/mol. The van der Waals surface area contributed by atoms with Gasteiger partial charge in [-0.25, -0.2) is 0 Å². The van der Waals surface area contributed by atoms with E-state index in [1.165, 1.54) is 32.7 Å². The van der Waals surface area contributed by atoms with Crippen LogP contribution in [0.25, 0.3) is 82.1 Å². The molecule has 0 fully saturated rings. The van der Waals surface area contributed by atoms with Crippen LogP contribution < -0.4 is 0 Å². The van der Waals surface area contributed by atoms with Gasteiger partial charge in [-0.15, -0.1) is 0 Å². The van der Waals surface area contributed by atoms with E-state index in [2.05, 4.69) is 152 Å². The smallest absolute Gasteiger partial charge is 0.136 e. The van der Waals surface area contributed by atoms with Gasteiger partial charge in [0.1, 0.15) is 11.2 Å². The zero-order valence-electron chi connectivity index (χ0n) is 26.8. The second-order valence-electron chi connectivity index (χ2n) is 12.5. The van der Waals surface area contributed by atoms with E-state index in [4.69, 9.17) is 9.83 Å². The van der Waals surface area contributed by atoms with E-state index in [1.807, 2.05) is 24.3 Å². The van der Waals surface area contributed by atoms with E-state index in [1.54, 1.807) is 0 Å². The molecular formula is C47H31NO. The lowest BCUT2D eigenvalue weighted by atomic mass is 9.86. The second kappa shape index (κ2) is 11.6. The van der Waals surface area contributed by atoms with Crippen molar-refractivity contribution in [2.24, 2.45) is 0 Å². The van der Waals surface area contributed by atoms with Gasteiger partial charge in [0.05, 0.1) is 5.71 Å². The lowest BCUT2D eigenvalue weighted by molar-refractivity contribution is 0.669. The Bertz CT molecular complexity index is 2720. The Morgan fingerprint density at radius 3 is 1.80 bits per heavy atom. The zero-order valence-corrected chi connectivity index (χ0v) is 26.8. The van der Waals surface area contributed by atoms with Crippen LogP contribution in [-0.4, -0.2) is 5.71 Å². The number of rotatable bonds is 6. The maximum atomic E-state index is 8.95. The largest absolute Gasteiger partial charge is 0.456 e. The van der Waals surface area contributed by atoms with E-state index >= 15 is 0 Å². The molecule has 0 saturated heterocycles. The lowest BCUT2D eigenvalue weighted by Crippen LogP contribution is -1.95. The molecule has 2 nitrogen and oxygen atoms in total. The third kappa shape index (κ3) is 4.85. The molecule has 0 aliphatic heterocycles. The van der Waals surface area contributed by atoms with Crippen LogP contribution in [0, 0.1) is 5.41 Å². The van der Waals surface area contributed by atoms with Crippen LogP contribution in [0.3, 0.4) is 0 Å². The lowest BCUT2D eigenvalue weighted by Gasteiger charge is -2.17. The summed E-state index contributed by atoms with van der Waals surface area (Å²) in [5.74, 6) is 0. The summed E-state index contributed by atoms with van der Waals surface area (Å²) in [7, 11) is 0. The highest BCUT2D eigenvalue weighted by molar-refractivity contribution is 6.21. The Morgan fingerprint density at radius 2 is 1.08 bits per heavy atom. The van der Waals surface area contributed by atoms with Crippen molar-refractivity contribution in [2.45, 2.75) is 0 Å². The van der Waals surface area contributed by atoms with Crippen molar-refractivity contribution in [1.29, 1.82) is 5.41 Å². The predicted molar refractivity (Wildman–Crippen MR) is 209 cm³/mol. The predicted octanol–water partition coefficient (Wildman–Crippen LogP) is 13.0. The first-order chi connectivity index (χ1) is 24.1. The molecule has 0 aliphatic rings. The van der Waals surface area contributed by atoms with E-state index in [-0.39, 0.29) is 0 Å². The molecule has 1 aromatic heterocycles. The van der Waals surface area contributed by atoms with Crippen molar-refractivity contribution in [1.82, 2.24) is 0 Å². The minimum absolute atomic E-state index is 0.435. The summed E-state index contributed by atoms with van der Waals surface area (Å²) in [6.07, 6.45) is 3.84. The van der Waals surface area contributed by atoms with Crippen LogP contribution in [-0.2, 0) is 0 Å². The SMILES string of the molecule is C=C(/C=C\C(=N)c1ccc(-c2ccc3oc4ccc5ccccc5c4c3c2)cc1)c1c2ccccc2c(-c2ccccc2)c2ccccc12. The highest BCUT2D eigenvalue weighted by atomic mass is 16.3. The molecule has 0 atom stereocenters. The van der Waals surface area contributed by atoms with Gasteiger partial charge in [-0.05, 0) is 95.5 Å². The van der Waals surface area contributed by atoms with E-state index in [0.717, 1.165) is 60.5 Å². The number of allylic oxidation sites excluding steroid dienone is 3. The molecule has 0 unspecified atom stereocenters. The molecule has 1 N–H and O–H groups in total. The van der Waals surface area contributed by atoms with Crippen LogP contribution in [0.15, 0.2) is 181 Å². The van der Waals surface area contributed by atoms with Crippen molar-refractivity contribution in [3.05, 3.63) is 188 Å². The summed E-state index contributed by atoms with van der Waals surface area (Å²) < 4.78 is 6.21. The number of furan rings is 1. The van der Waals surface area contributed by atoms with E-state index in [9.17, 15) is 0 Å². The third-order valence-corrected chi connectivity index (χ3v) is 9.66. The van der Waals surface area contributed by atoms with Crippen LogP contribution in [0.5, 0.6) is 0 Å². The summed E-state index contributed by atoms with van der Waals surface area (Å²) in [6.45, 7) is 4.52. The summed E-state index contributed by atoms with van der Waals surface area (Å²) in [4.78, 5) is 0. The molecule has 0 radical (unpaired) electrons. The minimum atomic E-state index is 0.435. The first-order valence-corrected chi connectivity index (χ1v) is 16.5. The van der Waals surface area contributed by atoms with Gasteiger partial charge in [0, 0.05) is 10.8 Å². The van der Waals surface area contributed by atoms with E-state index in [0.29, 0.717) is 5.71 Å². The number of fused-ring (bicyclic) bond motifs is 7. The molecule has 1 heterocycles. The second-order valence-corrected chi connectivity index (χ2v) is 12.5. The summed E-state index contributed by atoms with van der Waals surface area (Å²) >= 11 is 0. The molecule has 0 bridgehead atoms. The third-order valence-electron chi connectivity index (χ3n) is 9.66. The molecule has 49 heavy (non-hydrogen) atoms. The van der Waals surface area contributed by atoms with Crippen molar-refractivity contribution in [3.63, 3.8) is 0 Å². The van der Waals surface area contributed by atoms with Crippen molar-refractivity contribution in [2.75, 3.05) is 0 Å². The van der Waals surface area contributed by atoms with Crippen LogP contribution in [0.1, 0.15) is 11.1 Å². The molecule has 0 spiro atoms. The Morgan fingerprint density at radius 1 is 0.490 bits per heavy atom. The fourth-order valence-electron chi connectivity index (χ4n) is 7.32. The minimum Gasteiger partial charge on any atom is -0.456 e. The Labute approximate surface area is 284 Å². The van der Waals surface area contributed by atoms with Crippen LogP contribution in [0.2, 0.25) is 0 Å². The van der Waals surface area contributed by atoms with Crippen LogP contribution >= 0.6 is 0 Å². The maximum Gasteiger partial charge on any atom is 0.136 e. The molecule has 0 amide bonds. The fourth-order valence-corrected chi connectivity index (χ4v) is 7.32. The standard InChI is InChI=1S/C47H31NO/c1-30(45-37-15-7-9-17-39(37)46(34-12-3-2-4-13-34)40-18-10-8-16-38(40)45)19-26-42(48)33-22-20-31(21-23-33)35-25-27-43-41(29-35)47-36-14-6-5-11-32(36)24-28-44(47)49-43/h2-29,48H,1H2/b26-19-,48-42?. The van der Waals surface area contributed by atoms with Crippen molar-refractivity contribution >= 4 is 65.5 Å². The first kappa shape index (κ1) is 28.7. The topological polar surface area (TPSA) is 37.0 Å². The van der Waals surface area contributed by atoms with Gasteiger partial charge in [-0.2, -0.15) is 0 Å². The number of nitrogens with one attached hydrogen (secondary N) is 1. The van der Waals surface area contributed by atoms with Gasteiger partial charge in [0.15, 0.2) is 0 Å². The van der Waals surface area contributed by atoms with Crippen LogP contribution in [0.4, 0.5) is 0 Å². The normalized spacial score (nSPS) is 11.8. The highest BCUT2D eigenvalue weighted by Crippen LogP contribution is 2.42. The summed E-state index contributed by atoms with van der Waals surface area (Å²) in [5.41, 5.74) is 9.67. The molecule has 230 valence electrons. The van der Waals surface area contributed by atoms with Gasteiger partial charge in [-0.1, -0.05) is 152 Å². The Hall–Kier alpha value is -6.51. The number of hydrogen-bond donors (Lipinski definition) is 1. The van der Waals surface area contributed by atoms with Crippen molar-refractivity contribution in [3.8, 4) is 22.3 Å². The van der Waals surface area contributed by atoms with E-state index < -0.39 is 0 Å². The number of benzene rings is 8. The Balaban J connectivity index is 1.04. The molecule has 8 aromatic carbocycles. The maximum absolute atomic E-state index is 8.95.